The topological polar surface area (TPSA) is 99.5 Å². The van der Waals surface area contributed by atoms with Crippen LogP contribution in [0.15, 0.2) is 59.5 Å². The van der Waals surface area contributed by atoms with Crippen LogP contribution in [0.3, 0.4) is 0 Å². The van der Waals surface area contributed by atoms with Crippen molar-refractivity contribution in [1.82, 2.24) is 19.9 Å². The van der Waals surface area contributed by atoms with Crippen LogP contribution in [0.4, 0.5) is 4.39 Å². The smallest absolute Gasteiger partial charge is 0.274 e. The zero-order valence-corrected chi connectivity index (χ0v) is 18.9. The number of nitrogens with zero attached hydrogens (tertiary/aromatic N) is 2. The minimum Gasteiger partial charge on any atom is -0.388 e. The first kappa shape index (κ1) is 22.0. The standard InChI is InChI=1S/C26H25FN4O3/c1-26(2,34)23(16-8-10-19(27)11-9-16)29-24(32)20-13-22-25(33)28-21(14-31(22)30-20)18-7-6-15-4-3-5-17(15)12-18/h6-14,23,34H,3-5H2,1-2H3,(H,28,33)(H,29,32)/t23-/m0/s1. The van der Waals surface area contributed by atoms with Gasteiger partial charge in [0.2, 0.25) is 0 Å². The van der Waals surface area contributed by atoms with E-state index in [9.17, 15) is 19.1 Å². The van der Waals surface area contributed by atoms with Gasteiger partial charge in [0.1, 0.15) is 11.3 Å². The molecule has 1 amide bonds. The number of nitrogens with one attached hydrogen (secondary N) is 2. The van der Waals surface area contributed by atoms with E-state index in [4.69, 9.17) is 0 Å². The number of benzene rings is 2. The maximum atomic E-state index is 13.4. The Morgan fingerprint density at radius 3 is 2.62 bits per heavy atom. The van der Waals surface area contributed by atoms with Crippen molar-refractivity contribution in [1.29, 1.82) is 0 Å². The number of aryl methyl sites for hydroxylation is 2. The quantitative estimate of drug-likeness (QED) is 0.424. The van der Waals surface area contributed by atoms with E-state index in [0.717, 1.165) is 24.8 Å². The van der Waals surface area contributed by atoms with Crippen LogP contribution in [0.5, 0.6) is 0 Å². The lowest BCUT2D eigenvalue weighted by atomic mass is 9.91. The molecule has 1 aliphatic carbocycles. The molecule has 0 saturated carbocycles. The van der Waals surface area contributed by atoms with Crippen molar-refractivity contribution < 1.29 is 14.3 Å². The average molecular weight is 461 g/mol. The van der Waals surface area contributed by atoms with Gasteiger partial charge in [-0.1, -0.05) is 24.3 Å². The molecule has 5 rings (SSSR count). The molecule has 3 N–H and O–H groups in total. The van der Waals surface area contributed by atoms with Gasteiger partial charge in [-0.25, -0.2) is 8.91 Å². The number of rotatable bonds is 5. The molecule has 34 heavy (non-hydrogen) atoms. The van der Waals surface area contributed by atoms with Crippen LogP contribution < -0.4 is 10.9 Å². The lowest BCUT2D eigenvalue weighted by Crippen LogP contribution is -2.42. The van der Waals surface area contributed by atoms with Crippen LogP contribution in [0.25, 0.3) is 16.8 Å². The first-order chi connectivity index (χ1) is 16.2. The fraction of sp³-hybridized carbons (Fsp3) is 0.269. The Kier molecular flexibility index (Phi) is 5.32. The fourth-order valence-electron chi connectivity index (χ4n) is 4.53. The molecule has 1 atom stereocenters. The molecule has 0 bridgehead atoms. The van der Waals surface area contributed by atoms with Crippen molar-refractivity contribution in [3.63, 3.8) is 0 Å². The van der Waals surface area contributed by atoms with Gasteiger partial charge in [-0.3, -0.25) is 9.59 Å². The average Bonchev–Trinajstić information content (AvgIpc) is 3.44. The first-order valence-corrected chi connectivity index (χ1v) is 11.2. The molecular weight excluding hydrogens is 435 g/mol. The highest BCUT2D eigenvalue weighted by Gasteiger charge is 2.31. The molecule has 1 aliphatic rings. The second kappa shape index (κ2) is 8.22. The summed E-state index contributed by atoms with van der Waals surface area (Å²) in [5, 5.41) is 17.7. The van der Waals surface area contributed by atoms with E-state index in [-0.39, 0.29) is 16.8 Å². The van der Waals surface area contributed by atoms with E-state index in [1.165, 1.54) is 46.0 Å². The van der Waals surface area contributed by atoms with Crippen LogP contribution >= 0.6 is 0 Å². The van der Waals surface area contributed by atoms with Crippen LogP contribution in [-0.4, -0.2) is 31.2 Å². The Hall–Kier alpha value is -3.78. The van der Waals surface area contributed by atoms with Crippen LogP contribution in [0, 0.1) is 5.82 Å². The van der Waals surface area contributed by atoms with Crippen molar-refractivity contribution in [3.8, 4) is 11.3 Å². The van der Waals surface area contributed by atoms with Crippen molar-refractivity contribution in [2.24, 2.45) is 0 Å². The molecule has 0 unspecified atom stereocenters. The molecule has 0 spiro atoms. The third kappa shape index (κ3) is 4.12. The van der Waals surface area contributed by atoms with Crippen LogP contribution in [-0.2, 0) is 12.8 Å². The number of carbonyl (C=O) groups excluding carboxylic acids is 1. The number of amides is 1. The Bertz CT molecular complexity index is 1450. The molecule has 174 valence electrons. The Morgan fingerprint density at radius 1 is 1.15 bits per heavy atom. The van der Waals surface area contributed by atoms with Crippen LogP contribution in [0.1, 0.15) is 53.5 Å². The number of halogens is 1. The molecule has 2 aromatic carbocycles. The second-order valence-electron chi connectivity index (χ2n) is 9.31. The van der Waals surface area contributed by atoms with Crippen molar-refractivity contribution in [2.75, 3.05) is 0 Å². The monoisotopic (exact) mass is 460 g/mol. The number of H-pyrrole nitrogens is 1. The molecule has 2 aromatic heterocycles. The van der Waals surface area contributed by atoms with E-state index >= 15 is 0 Å². The second-order valence-corrected chi connectivity index (χ2v) is 9.31. The largest absolute Gasteiger partial charge is 0.388 e. The molecule has 0 fully saturated rings. The highest BCUT2D eigenvalue weighted by molar-refractivity contribution is 5.94. The molecule has 0 radical (unpaired) electrons. The molecule has 0 aliphatic heterocycles. The predicted molar refractivity (Wildman–Crippen MR) is 126 cm³/mol. The van der Waals surface area contributed by atoms with Gasteiger partial charge >= 0.3 is 0 Å². The highest BCUT2D eigenvalue weighted by Crippen LogP contribution is 2.28. The third-order valence-corrected chi connectivity index (χ3v) is 6.30. The molecule has 8 heteroatoms. The van der Waals surface area contributed by atoms with Crippen molar-refractivity contribution in [2.45, 2.75) is 44.8 Å². The molecule has 2 heterocycles. The summed E-state index contributed by atoms with van der Waals surface area (Å²) in [6.45, 7) is 3.11. The SMILES string of the molecule is CC(C)(O)[C@@H](NC(=O)c1cc2c(=O)[nH]c(-c3ccc4c(c3)CCC4)cn2n1)c1ccc(F)cc1. The van der Waals surface area contributed by atoms with Gasteiger partial charge in [0.15, 0.2) is 5.69 Å². The summed E-state index contributed by atoms with van der Waals surface area (Å²) in [5.41, 5.74) is 3.26. The van der Waals surface area contributed by atoms with Gasteiger partial charge in [-0.2, -0.15) is 5.10 Å². The summed E-state index contributed by atoms with van der Waals surface area (Å²) in [4.78, 5) is 28.7. The normalized spacial score (nSPS) is 14.2. The molecule has 7 nitrogen and oxygen atoms in total. The minimum atomic E-state index is -1.33. The number of aromatic nitrogens is 3. The van der Waals surface area contributed by atoms with Gasteiger partial charge in [0.05, 0.1) is 23.5 Å². The summed E-state index contributed by atoms with van der Waals surface area (Å²) in [6, 6.07) is 12.3. The Labute approximate surface area is 195 Å². The molecular formula is C26H25FN4O3. The van der Waals surface area contributed by atoms with Crippen molar-refractivity contribution in [3.05, 3.63) is 93.3 Å². The Balaban J connectivity index is 1.46. The van der Waals surface area contributed by atoms with E-state index in [1.54, 1.807) is 20.0 Å². The van der Waals surface area contributed by atoms with E-state index in [1.807, 2.05) is 6.07 Å². The van der Waals surface area contributed by atoms with E-state index in [0.29, 0.717) is 11.3 Å². The molecule has 4 aromatic rings. The number of hydrogen-bond acceptors (Lipinski definition) is 4. The first-order valence-electron chi connectivity index (χ1n) is 11.2. The minimum absolute atomic E-state index is 0.0352. The number of aromatic amines is 1. The summed E-state index contributed by atoms with van der Waals surface area (Å²) >= 11 is 0. The number of carbonyl (C=O) groups is 1. The van der Waals surface area contributed by atoms with Gasteiger partial charge in [-0.15, -0.1) is 0 Å². The number of hydrogen-bond donors (Lipinski definition) is 3. The summed E-state index contributed by atoms with van der Waals surface area (Å²) in [6.07, 6.45) is 4.93. The van der Waals surface area contributed by atoms with Crippen molar-refractivity contribution >= 4 is 11.4 Å². The summed E-state index contributed by atoms with van der Waals surface area (Å²) < 4.78 is 14.8. The highest BCUT2D eigenvalue weighted by atomic mass is 19.1. The third-order valence-electron chi connectivity index (χ3n) is 6.30. The zero-order valence-electron chi connectivity index (χ0n) is 18.9. The van der Waals surface area contributed by atoms with Gasteiger partial charge in [0, 0.05) is 6.07 Å². The maximum Gasteiger partial charge on any atom is 0.274 e. The maximum absolute atomic E-state index is 13.4. The van der Waals surface area contributed by atoms with E-state index in [2.05, 4.69) is 27.5 Å². The lowest BCUT2D eigenvalue weighted by Gasteiger charge is -2.30. The summed E-state index contributed by atoms with van der Waals surface area (Å²) in [7, 11) is 0. The number of fused-ring (bicyclic) bond motifs is 2. The lowest BCUT2D eigenvalue weighted by molar-refractivity contribution is 0.0342. The predicted octanol–water partition coefficient (Wildman–Crippen LogP) is 3.56. The molecule has 0 saturated heterocycles. The fourth-order valence-corrected chi connectivity index (χ4v) is 4.53. The zero-order chi connectivity index (χ0) is 24.0. The van der Waals surface area contributed by atoms with Gasteiger partial charge < -0.3 is 15.4 Å². The Morgan fingerprint density at radius 2 is 1.88 bits per heavy atom. The summed E-state index contributed by atoms with van der Waals surface area (Å²) in [5.74, 6) is -0.970. The van der Waals surface area contributed by atoms with Gasteiger partial charge in [0.25, 0.3) is 11.5 Å². The van der Waals surface area contributed by atoms with E-state index < -0.39 is 23.4 Å². The van der Waals surface area contributed by atoms with Crippen LogP contribution in [0.2, 0.25) is 0 Å². The van der Waals surface area contributed by atoms with Gasteiger partial charge in [-0.05, 0) is 73.6 Å². The number of aliphatic hydroxyl groups is 1.